The molecule has 0 aromatic heterocycles. The number of hydrogen-bond donors (Lipinski definition) is 0. The van der Waals surface area contributed by atoms with Gasteiger partial charge in [0.15, 0.2) is 0 Å². The van der Waals surface area contributed by atoms with E-state index >= 15 is 0 Å². The van der Waals surface area contributed by atoms with E-state index in [1.165, 1.54) is 38.9 Å². The average molecular weight is 590 g/mol. The van der Waals surface area contributed by atoms with E-state index in [9.17, 15) is 0 Å². The first kappa shape index (κ1) is 30.0. The van der Waals surface area contributed by atoms with Crippen LogP contribution in [0.25, 0.3) is 11.1 Å². The van der Waals surface area contributed by atoms with Gasteiger partial charge in [-0.05, 0) is 13.8 Å². The SMILES string of the molecule is CCOCC.Cc1cc(C)[c]([Ge](=[C]2c3ccccc3-c3ccccc32)[CH]([Si](C)(C)C)[Si](C)(C)C)c(C)c1. The van der Waals surface area contributed by atoms with E-state index in [2.05, 4.69) is 121 Å². The van der Waals surface area contributed by atoms with Crippen molar-refractivity contribution in [1.82, 2.24) is 0 Å². The van der Waals surface area contributed by atoms with Crippen LogP contribution in [0.15, 0.2) is 60.7 Å². The van der Waals surface area contributed by atoms with Crippen LogP contribution >= 0.6 is 0 Å². The van der Waals surface area contributed by atoms with Crippen LogP contribution in [0, 0.1) is 20.8 Å². The van der Waals surface area contributed by atoms with E-state index < -0.39 is 30.1 Å². The van der Waals surface area contributed by atoms with Gasteiger partial charge in [0.25, 0.3) is 0 Å². The molecule has 1 aliphatic rings. The van der Waals surface area contributed by atoms with Gasteiger partial charge in [0.2, 0.25) is 0 Å². The molecule has 1 nitrogen and oxygen atoms in total. The molecule has 0 fully saturated rings. The minimum atomic E-state index is -1.94. The molecule has 0 unspecified atom stereocenters. The fourth-order valence-corrected chi connectivity index (χ4v) is 38.7. The van der Waals surface area contributed by atoms with Crippen molar-refractivity contribution in [2.75, 3.05) is 13.2 Å². The summed E-state index contributed by atoms with van der Waals surface area (Å²) in [6, 6.07) is 23.4. The Balaban J connectivity index is 0.000000695. The average Bonchev–Trinajstić information content (AvgIpc) is 3.11. The quantitative estimate of drug-likeness (QED) is 0.206. The van der Waals surface area contributed by atoms with Crippen LogP contribution in [-0.4, -0.2) is 47.6 Å². The Bertz CT molecular complexity index is 1190. The minimum absolute atomic E-state index is 0.844. The maximum absolute atomic E-state index is 4.83. The van der Waals surface area contributed by atoms with Crippen LogP contribution in [-0.2, 0) is 4.74 Å². The van der Waals surface area contributed by atoms with Crippen molar-refractivity contribution in [3.63, 3.8) is 0 Å². The molecule has 4 rings (SSSR count). The number of ether oxygens (including phenoxy) is 1. The fraction of sp³-hybridized carbons (Fsp3) is 0.424. The third-order valence-electron chi connectivity index (χ3n) is 7.33. The number of benzene rings is 3. The van der Waals surface area contributed by atoms with Crippen molar-refractivity contribution < 1.29 is 4.74 Å². The van der Waals surface area contributed by atoms with E-state index in [0.29, 0.717) is 0 Å². The van der Waals surface area contributed by atoms with Gasteiger partial charge in [-0.2, -0.15) is 0 Å². The molecule has 0 saturated heterocycles. The molecule has 0 radical (unpaired) electrons. The van der Waals surface area contributed by atoms with Crippen molar-refractivity contribution in [3.05, 3.63) is 88.5 Å². The van der Waals surface area contributed by atoms with Gasteiger partial charge in [0.05, 0.1) is 0 Å². The third-order valence-corrected chi connectivity index (χ3v) is 36.1. The zero-order valence-electron chi connectivity index (χ0n) is 25.2. The Morgan fingerprint density at radius 1 is 0.649 bits per heavy atom. The van der Waals surface area contributed by atoms with Crippen molar-refractivity contribution >= 4 is 38.8 Å². The molecule has 0 heterocycles. The summed E-state index contributed by atoms with van der Waals surface area (Å²) in [6.07, 6.45) is 0. The third kappa shape index (κ3) is 6.55. The zero-order valence-corrected chi connectivity index (χ0v) is 29.3. The predicted octanol–water partition coefficient (Wildman–Crippen LogP) is 8.31. The normalized spacial score (nSPS) is 12.7. The van der Waals surface area contributed by atoms with Gasteiger partial charge in [-0.1, -0.05) is 0 Å². The van der Waals surface area contributed by atoms with Crippen molar-refractivity contribution in [2.24, 2.45) is 0 Å². The molecule has 3 aromatic carbocycles. The second kappa shape index (κ2) is 12.1. The molecule has 0 aliphatic heterocycles. The molecule has 4 heteroatoms. The molecule has 0 bridgehead atoms. The molecule has 1 aliphatic carbocycles. The summed E-state index contributed by atoms with van der Waals surface area (Å²) >= 11 is -1.94. The Kier molecular flexibility index (Phi) is 9.82. The topological polar surface area (TPSA) is 9.23 Å². The maximum atomic E-state index is 4.83. The molecular formula is C33H48GeOSi2. The Morgan fingerprint density at radius 2 is 1.03 bits per heavy atom. The summed E-state index contributed by atoms with van der Waals surface area (Å²) in [5.41, 5.74) is 10.4. The second-order valence-corrected chi connectivity index (χ2v) is 31.3. The van der Waals surface area contributed by atoms with Gasteiger partial charge in [-0.15, -0.1) is 0 Å². The van der Waals surface area contributed by atoms with Crippen LogP contribution in [0.1, 0.15) is 41.7 Å². The van der Waals surface area contributed by atoms with E-state index in [1.54, 1.807) is 8.75 Å². The van der Waals surface area contributed by atoms with E-state index in [-0.39, 0.29) is 0 Å². The zero-order chi connectivity index (χ0) is 27.5. The molecule has 198 valence electrons. The molecule has 37 heavy (non-hydrogen) atoms. The van der Waals surface area contributed by atoms with Crippen molar-refractivity contribution in [2.45, 2.75) is 77.9 Å². The number of rotatable bonds is 6. The number of fused-ring (bicyclic) bond motifs is 3. The summed E-state index contributed by atoms with van der Waals surface area (Å²) in [5, 5.41) is 0. The number of aryl methyl sites for hydroxylation is 3. The van der Waals surface area contributed by atoms with E-state index in [0.717, 1.165) is 17.2 Å². The van der Waals surface area contributed by atoms with Crippen molar-refractivity contribution in [1.29, 1.82) is 0 Å². The number of hydrogen-bond acceptors (Lipinski definition) is 1. The molecular weight excluding hydrogens is 541 g/mol. The summed E-state index contributed by atoms with van der Waals surface area (Å²) in [5.74, 6) is 0. The fourth-order valence-electron chi connectivity index (χ4n) is 6.69. The first-order chi connectivity index (χ1) is 17.3. The van der Waals surface area contributed by atoms with E-state index in [4.69, 9.17) is 4.74 Å². The Hall–Kier alpha value is -1.53. The Morgan fingerprint density at radius 3 is 1.35 bits per heavy atom. The molecule has 0 amide bonds. The standard InChI is InChI=1S/C29H38GeSi2.C4H10O/c1-20-18-21(2)27(22(3)19-20)30(29(31(4,5)6)32(7,8)9)28-25-16-12-10-14-23(25)24-15-11-13-17-26(24)28;1-3-5-4-2/h10-19,29H,1-9H3;3-4H2,1-2H3. The summed E-state index contributed by atoms with van der Waals surface area (Å²) in [4.78, 5) is 0. The second-order valence-electron chi connectivity index (χ2n) is 12.6. The van der Waals surface area contributed by atoms with Crippen molar-refractivity contribution in [3.8, 4) is 11.1 Å². The van der Waals surface area contributed by atoms with Gasteiger partial charge in [-0.25, -0.2) is 0 Å². The van der Waals surface area contributed by atoms with Gasteiger partial charge in [0, 0.05) is 13.2 Å². The van der Waals surface area contributed by atoms with Gasteiger partial charge in [-0.3, -0.25) is 0 Å². The van der Waals surface area contributed by atoms with Crippen LogP contribution in [0.5, 0.6) is 0 Å². The van der Waals surface area contributed by atoms with E-state index in [1.807, 2.05) is 13.8 Å². The molecule has 0 saturated carbocycles. The first-order valence-electron chi connectivity index (χ1n) is 13.9. The van der Waals surface area contributed by atoms with Crippen LogP contribution < -0.4 is 4.40 Å². The molecule has 3 aromatic rings. The summed E-state index contributed by atoms with van der Waals surface area (Å²) in [7, 11) is -2.84. The first-order valence-corrected chi connectivity index (χ1v) is 24.4. The van der Waals surface area contributed by atoms with Crippen LogP contribution in [0.4, 0.5) is 0 Å². The van der Waals surface area contributed by atoms with Crippen LogP contribution in [0.2, 0.25) is 43.3 Å². The molecule has 0 N–H and O–H groups in total. The monoisotopic (exact) mass is 590 g/mol. The Labute approximate surface area is 233 Å². The van der Waals surface area contributed by atoms with Gasteiger partial charge in [0.1, 0.15) is 0 Å². The summed E-state index contributed by atoms with van der Waals surface area (Å²) in [6.45, 7) is 28.6. The van der Waals surface area contributed by atoms with Crippen LogP contribution in [0.3, 0.4) is 0 Å². The molecule has 0 spiro atoms. The van der Waals surface area contributed by atoms with Gasteiger partial charge < -0.3 is 4.74 Å². The summed E-state index contributed by atoms with van der Waals surface area (Å²) < 4.78 is 9.25. The molecule has 0 atom stereocenters. The van der Waals surface area contributed by atoms with Gasteiger partial charge >= 0.3 is 202 Å². The predicted molar refractivity (Wildman–Crippen MR) is 174 cm³/mol.